The summed E-state index contributed by atoms with van der Waals surface area (Å²) < 4.78 is 12.3. The molecule has 1 N–H and O–H groups in total. The Hall–Kier alpha value is -2.27. The Balaban J connectivity index is 1.94. The van der Waals surface area contributed by atoms with Gasteiger partial charge in [-0.3, -0.25) is 4.79 Å². The van der Waals surface area contributed by atoms with Crippen molar-refractivity contribution in [3.8, 4) is 11.5 Å². The Kier molecular flexibility index (Phi) is 7.08. The van der Waals surface area contributed by atoms with Gasteiger partial charge in [0.25, 0.3) is 5.91 Å². The molecule has 2 aromatic rings. The number of anilines is 1. The summed E-state index contributed by atoms with van der Waals surface area (Å²) >= 11 is 3.49. The van der Waals surface area contributed by atoms with E-state index in [1.165, 1.54) is 0 Å². The summed E-state index contributed by atoms with van der Waals surface area (Å²) in [6.07, 6.45) is 0. The number of rotatable bonds is 7. The van der Waals surface area contributed by atoms with Crippen LogP contribution in [0.1, 0.15) is 33.3 Å². The minimum absolute atomic E-state index is 0.0569. The molecule has 4 nitrogen and oxygen atoms in total. The van der Waals surface area contributed by atoms with Crippen molar-refractivity contribution < 1.29 is 14.3 Å². The molecular weight excluding hydrogens is 406 g/mol. The van der Waals surface area contributed by atoms with Gasteiger partial charge < -0.3 is 14.8 Å². The topological polar surface area (TPSA) is 47.6 Å². The molecule has 0 spiro atoms. The van der Waals surface area contributed by atoms with Crippen molar-refractivity contribution in [2.45, 2.75) is 33.1 Å². The number of hydrogen-bond acceptors (Lipinski definition) is 3. The van der Waals surface area contributed by atoms with E-state index >= 15 is 0 Å². The molecular formula is C22H26BrNO3. The Morgan fingerprint density at radius 1 is 1.07 bits per heavy atom. The summed E-state index contributed by atoms with van der Waals surface area (Å²) in [5, 5.41) is 2.83. The number of nitrogens with one attached hydrogen (secondary N) is 1. The second-order valence-corrected chi connectivity index (χ2v) is 8.41. The van der Waals surface area contributed by atoms with Crippen LogP contribution in [0.2, 0.25) is 0 Å². The highest BCUT2D eigenvalue weighted by molar-refractivity contribution is 9.10. The predicted octanol–water partition coefficient (Wildman–Crippen LogP) is 5.72. The van der Waals surface area contributed by atoms with E-state index in [9.17, 15) is 4.79 Å². The standard InChI is InChI=1S/C22H26BrNO3/c1-15(2)13-26-18-9-7-17(8-10-18)24-21(25)14-27-20-11-6-16(23)12-19(20)22(3,4)5/h6-12H,1,13-14H2,2-5H3,(H,24,25). The molecule has 2 aromatic carbocycles. The number of benzene rings is 2. The number of carbonyl (C=O) groups excluding carboxylic acids is 1. The monoisotopic (exact) mass is 431 g/mol. The average molecular weight is 432 g/mol. The van der Waals surface area contributed by atoms with Gasteiger partial charge in [-0.1, -0.05) is 43.3 Å². The van der Waals surface area contributed by atoms with Crippen molar-refractivity contribution in [3.63, 3.8) is 0 Å². The molecule has 0 heterocycles. The Bertz CT molecular complexity index is 807. The molecule has 0 radical (unpaired) electrons. The molecule has 0 unspecified atom stereocenters. The zero-order valence-corrected chi connectivity index (χ0v) is 17.9. The molecule has 0 aliphatic heterocycles. The van der Waals surface area contributed by atoms with E-state index in [0.29, 0.717) is 18.0 Å². The van der Waals surface area contributed by atoms with Gasteiger partial charge in [0, 0.05) is 15.7 Å². The zero-order valence-electron chi connectivity index (χ0n) is 16.3. The van der Waals surface area contributed by atoms with E-state index < -0.39 is 0 Å². The van der Waals surface area contributed by atoms with Crippen molar-refractivity contribution in [3.05, 3.63) is 64.7 Å². The molecule has 2 rings (SSSR count). The third-order valence-electron chi connectivity index (χ3n) is 3.73. The highest BCUT2D eigenvalue weighted by atomic mass is 79.9. The smallest absolute Gasteiger partial charge is 0.262 e. The molecule has 5 heteroatoms. The second kappa shape index (κ2) is 9.09. The van der Waals surface area contributed by atoms with Crippen molar-refractivity contribution in [1.29, 1.82) is 0 Å². The van der Waals surface area contributed by atoms with Crippen molar-refractivity contribution in [1.82, 2.24) is 0 Å². The van der Waals surface area contributed by atoms with Crippen LogP contribution in [0.15, 0.2) is 59.1 Å². The van der Waals surface area contributed by atoms with E-state index in [2.05, 4.69) is 48.6 Å². The molecule has 0 aliphatic carbocycles. The van der Waals surface area contributed by atoms with Gasteiger partial charge in [-0.15, -0.1) is 0 Å². The molecule has 0 aromatic heterocycles. The molecule has 0 saturated carbocycles. The van der Waals surface area contributed by atoms with Crippen LogP contribution in [0, 0.1) is 0 Å². The second-order valence-electron chi connectivity index (χ2n) is 7.50. The number of ether oxygens (including phenoxy) is 2. The minimum atomic E-state index is -0.214. The van der Waals surface area contributed by atoms with Crippen LogP contribution in [-0.4, -0.2) is 19.1 Å². The fourth-order valence-corrected chi connectivity index (χ4v) is 2.76. The molecule has 27 heavy (non-hydrogen) atoms. The van der Waals surface area contributed by atoms with Crippen LogP contribution >= 0.6 is 15.9 Å². The van der Waals surface area contributed by atoms with Crippen LogP contribution in [0.3, 0.4) is 0 Å². The third-order valence-corrected chi connectivity index (χ3v) is 4.22. The molecule has 144 valence electrons. The molecule has 0 saturated heterocycles. The molecule has 0 aliphatic rings. The first kappa shape index (κ1) is 21.0. The Morgan fingerprint density at radius 3 is 2.33 bits per heavy atom. The summed E-state index contributed by atoms with van der Waals surface area (Å²) in [5.41, 5.74) is 2.60. The van der Waals surface area contributed by atoms with Crippen molar-refractivity contribution in [2.24, 2.45) is 0 Å². The zero-order chi connectivity index (χ0) is 20.0. The highest BCUT2D eigenvalue weighted by Crippen LogP contribution is 2.33. The summed E-state index contributed by atoms with van der Waals surface area (Å²) in [6, 6.07) is 13.0. The number of halogens is 1. The summed E-state index contributed by atoms with van der Waals surface area (Å²) in [6.45, 7) is 12.5. The quantitative estimate of drug-likeness (QED) is 0.570. The first-order chi connectivity index (χ1) is 12.6. The van der Waals surface area contributed by atoms with Crippen molar-refractivity contribution >= 4 is 27.5 Å². The van der Waals surface area contributed by atoms with Gasteiger partial charge in [-0.05, 0) is 60.4 Å². The van der Waals surface area contributed by atoms with E-state index in [-0.39, 0.29) is 17.9 Å². The van der Waals surface area contributed by atoms with Gasteiger partial charge in [-0.25, -0.2) is 0 Å². The minimum Gasteiger partial charge on any atom is -0.489 e. The Morgan fingerprint density at radius 2 is 1.74 bits per heavy atom. The average Bonchev–Trinajstić information content (AvgIpc) is 2.59. The lowest BCUT2D eigenvalue weighted by Crippen LogP contribution is -2.22. The maximum Gasteiger partial charge on any atom is 0.262 e. The normalized spacial score (nSPS) is 11.0. The molecule has 0 bridgehead atoms. The maximum atomic E-state index is 12.2. The van der Waals surface area contributed by atoms with Crippen LogP contribution in [0.25, 0.3) is 0 Å². The largest absolute Gasteiger partial charge is 0.489 e. The third kappa shape index (κ3) is 6.75. The van der Waals surface area contributed by atoms with Crippen LogP contribution in [0.4, 0.5) is 5.69 Å². The summed E-state index contributed by atoms with van der Waals surface area (Å²) in [5.74, 6) is 1.23. The van der Waals surface area contributed by atoms with Gasteiger partial charge in [0.1, 0.15) is 18.1 Å². The first-order valence-corrected chi connectivity index (χ1v) is 9.54. The number of hydrogen-bond donors (Lipinski definition) is 1. The highest BCUT2D eigenvalue weighted by Gasteiger charge is 2.20. The molecule has 0 fully saturated rings. The van der Waals surface area contributed by atoms with Gasteiger partial charge in [0.15, 0.2) is 6.61 Å². The molecule has 0 atom stereocenters. The number of carbonyl (C=O) groups is 1. The predicted molar refractivity (Wildman–Crippen MR) is 114 cm³/mol. The van der Waals surface area contributed by atoms with Gasteiger partial charge >= 0.3 is 0 Å². The van der Waals surface area contributed by atoms with Crippen LogP contribution < -0.4 is 14.8 Å². The fourth-order valence-electron chi connectivity index (χ4n) is 2.40. The fraction of sp³-hybridized carbons (Fsp3) is 0.318. The number of amides is 1. The van der Waals surface area contributed by atoms with E-state index in [1.807, 2.05) is 37.3 Å². The molecule has 1 amide bonds. The van der Waals surface area contributed by atoms with Crippen LogP contribution in [0.5, 0.6) is 11.5 Å². The Labute approximate surface area is 169 Å². The van der Waals surface area contributed by atoms with Gasteiger partial charge in [-0.2, -0.15) is 0 Å². The van der Waals surface area contributed by atoms with Crippen molar-refractivity contribution in [2.75, 3.05) is 18.5 Å². The van der Waals surface area contributed by atoms with Gasteiger partial charge in [0.05, 0.1) is 0 Å². The lowest BCUT2D eigenvalue weighted by Gasteiger charge is -2.23. The van der Waals surface area contributed by atoms with E-state index in [1.54, 1.807) is 12.1 Å². The van der Waals surface area contributed by atoms with E-state index in [0.717, 1.165) is 21.4 Å². The summed E-state index contributed by atoms with van der Waals surface area (Å²) in [7, 11) is 0. The van der Waals surface area contributed by atoms with Crippen LogP contribution in [-0.2, 0) is 10.2 Å². The lowest BCUT2D eigenvalue weighted by atomic mass is 9.86. The van der Waals surface area contributed by atoms with E-state index in [4.69, 9.17) is 9.47 Å². The SMILES string of the molecule is C=C(C)COc1ccc(NC(=O)COc2ccc(Br)cc2C(C)(C)C)cc1. The maximum absolute atomic E-state index is 12.2. The first-order valence-electron chi connectivity index (χ1n) is 8.75. The lowest BCUT2D eigenvalue weighted by molar-refractivity contribution is -0.118. The summed E-state index contributed by atoms with van der Waals surface area (Å²) in [4.78, 5) is 12.2. The van der Waals surface area contributed by atoms with Gasteiger partial charge in [0.2, 0.25) is 0 Å².